The lowest BCUT2D eigenvalue weighted by Crippen LogP contribution is -2.32. The van der Waals surface area contributed by atoms with Crippen LogP contribution in [0.5, 0.6) is 0 Å². The molecule has 2 N–H and O–H groups in total. The van der Waals surface area contributed by atoms with Crippen molar-refractivity contribution in [3.8, 4) is 0 Å². The molecule has 0 fully saturated rings. The van der Waals surface area contributed by atoms with Gasteiger partial charge in [0.25, 0.3) is 10.0 Å². The van der Waals surface area contributed by atoms with Gasteiger partial charge in [-0.15, -0.1) is 0 Å². The molecule has 0 aliphatic heterocycles. The molecule has 5 nitrogen and oxygen atoms in total. The molecule has 2 rings (SSSR count). The number of hydrogen-bond donors (Lipinski definition) is 2. The monoisotopic (exact) mass is 293 g/mol. The number of sulfonamides is 1. The molecule has 1 aromatic carbocycles. The Labute approximate surface area is 119 Å². The number of aromatic amines is 1. The van der Waals surface area contributed by atoms with E-state index < -0.39 is 10.0 Å². The molecule has 1 atom stereocenters. The lowest BCUT2D eigenvalue weighted by Gasteiger charge is -2.22. The fourth-order valence-electron chi connectivity index (χ4n) is 2.01. The Balaban J connectivity index is 2.29. The van der Waals surface area contributed by atoms with Crippen LogP contribution in [-0.2, 0) is 10.0 Å². The van der Waals surface area contributed by atoms with Crippen molar-refractivity contribution in [3.63, 3.8) is 0 Å². The molecule has 1 unspecified atom stereocenters. The number of imidazole rings is 1. The van der Waals surface area contributed by atoms with Crippen LogP contribution in [0.15, 0.2) is 41.6 Å². The van der Waals surface area contributed by atoms with E-state index in [0.29, 0.717) is 5.82 Å². The minimum Gasteiger partial charge on any atom is -0.332 e. The van der Waals surface area contributed by atoms with E-state index in [4.69, 9.17) is 0 Å². The zero-order chi connectivity index (χ0) is 14.8. The summed E-state index contributed by atoms with van der Waals surface area (Å²) in [6, 6.07) is 9.29. The molecule has 0 saturated heterocycles. The van der Waals surface area contributed by atoms with Crippen molar-refractivity contribution in [3.05, 3.63) is 47.9 Å². The number of nitrogens with one attached hydrogen (secondary N) is 2. The van der Waals surface area contributed by atoms with Gasteiger partial charge in [0.05, 0.1) is 6.20 Å². The van der Waals surface area contributed by atoms with Crippen molar-refractivity contribution in [1.82, 2.24) is 14.7 Å². The quantitative estimate of drug-likeness (QED) is 0.889. The molecule has 0 bridgehead atoms. The molecule has 108 valence electrons. The molecule has 0 aliphatic carbocycles. The molecule has 0 aliphatic rings. The minimum absolute atomic E-state index is 0.0941. The number of H-pyrrole nitrogens is 1. The normalized spacial score (nSPS) is 13.6. The van der Waals surface area contributed by atoms with E-state index in [1.807, 2.05) is 44.2 Å². The van der Waals surface area contributed by atoms with Crippen LogP contribution in [0.3, 0.4) is 0 Å². The summed E-state index contributed by atoms with van der Waals surface area (Å²) in [5, 5.41) is 0.0941. The van der Waals surface area contributed by atoms with Gasteiger partial charge in [-0.05, 0) is 18.4 Å². The molecule has 0 amide bonds. The van der Waals surface area contributed by atoms with Gasteiger partial charge in [-0.3, -0.25) is 0 Å². The van der Waals surface area contributed by atoms with Crippen LogP contribution in [0.2, 0.25) is 0 Å². The maximum absolute atomic E-state index is 12.4. The standard InChI is InChI=1S/C14H19N3O2S/c1-10(2)14(12-7-5-4-6-8-12)17-20(18,19)13-9-15-11(3)16-13/h4-10,14,17H,1-3H3,(H,15,16). The first-order chi connectivity index (χ1) is 9.40. The van der Waals surface area contributed by atoms with Gasteiger partial charge in [0, 0.05) is 6.04 Å². The van der Waals surface area contributed by atoms with Crippen LogP contribution in [0.25, 0.3) is 0 Å². The SMILES string of the molecule is Cc1ncc(S(=O)(=O)NC(c2ccccc2)C(C)C)[nH]1. The summed E-state index contributed by atoms with van der Waals surface area (Å²) in [6.07, 6.45) is 1.33. The highest BCUT2D eigenvalue weighted by atomic mass is 32.2. The van der Waals surface area contributed by atoms with Crippen molar-refractivity contribution in [2.45, 2.75) is 31.8 Å². The Hall–Kier alpha value is -1.66. The van der Waals surface area contributed by atoms with Crippen LogP contribution in [0, 0.1) is 12.8 Å². The van der Waals surface area contributed by atoms with Crippen molar-refractivity contribution in [1.29, 1.82) is 0 Å². The number of aryl methyl sites for hydroxylation is 1. The minimum atomic E-state index is -3.60. The van der Waals surface area contributed by atoms with Crippen molar-refractivity contribution < 1.29 is 8.42 Å². The summed E-state index contributed by atoms with van der Waals surface area (Å²) in [5.41, 5.74) is 0.947. The lowest BCUT2D eigenvalue weighted by atomic mass is 9.97. The predicted octanol–water partition coefficient (Wildman–Crippen LogP) is 2.39. The highest BCUT2D eigenvalue weighted by Crippen LogP contribution is 2.23. The van der Waals surface area contributed by atoms with Crippen LogP contribution in [-0.4, -0.2) is 18.4 Å². The van der Waals surface area contributed by atoms with Gasteiger partial charge in [0.1, 0.15) is 5.82 Å². The third kappa shape index (κ3) is 3.26. The maximum Gasteiger partial charge on any atom is 0.258 e. The Morgan fingerprint density at radius 1 is 1.20 bits per heavy atom. The van der Waals surface area contributed by atoms with Gasteiger partial charge in [-0.25, -0.2) is 18.1 Å². The van der Waals surface area contributed by atoms with Gasteiger partial charge >= 0.3 is 0 Å². The molecule has 6 heteroatoms. The van der Waals surface area contributed by atoms with Crippen LogP contribution >= 0.6 is 0 Å². The van der Waals surface area contributed by atoms with E-state index in [9.17, 15) is 8.42 Å². The van der Waals surface area contributed by atoms with Crippen molar-refractivity contribution in [2.75, 3.05) is 0 Å². The maximum atomic E-state index is 12.4. The van der Waals surface area contributed by atoms with Gasteiger partial charge in [0.15, 0.2) is 5.03 Å². The van der Waals surface area contributed by atoms with E-state index in [0.717, 1.165) is 5.56 Å². The number of nitrogens with zero attached hydrogens (tertiary/aromatic N) is 1. The summed E-state index contributed by atoms with van der Waals surface area (Å²) in [4.78, 5) is 6.68. The fraction of sp³-hybridized carbons (Fsp3) is 0.357. The second-order valence-corrected chi connectivity index (χ2v) is 6.77. The lowest BCUT2D eigenvalue weighted by molar-refractivity contribution is 0.462. The summed E-state index contributed by atoms with van der Waals surface area (Å²) >= 11 is 0. The number of hydrogen-bond acceptors (Lipinski definition) is 3. The summed E-state index contributed by atoms with van der Waals surface area (Å²) in [6.45, 7) is 5.69. The van der Waals surface area contributed by atoms with Gasteiger partial charge in [-0.2, -0.15) is 0 Å². The second kappa shape index (κ2) is 5.76. The Morgan fingerprint density at radius 3 is 2.35 bits per heavy atom. The zero-order valence-corrected chi connectivity index (χ0v) is 12.6. The predicted molar refractivity (Wildman–Crippen MR) is 77.7 cm³/mol. The van der Waals surface area contributed by atoms with Gasteiger partial charge in [0.2, 0.25) is 0 Å². The van der Waals surface area contributed by atoms with Crippen molar-refractivity contribution in [2.24, 2.45) is 5.92 Å². The zero-order valence-electron chi connectivity index (χ0n) is 11.8. The smallest absolute Gasteiger partial charge is 0.258 e. The van der Waals surface area contributed by atoms with E-state index >= 15 is 0 Å². The Morgan fingerprint density at radius 2 is 1.85 bits per heavy atom. The number of benzene rings is 1. The number of aromatic nitrogens is 2. The van der Waals surface area contributed by atoms with Crippen LogP contribution in [0.4, 0.5) is 0 Å². The highest BCUT2D eigenvalue weighted by molar-refractivity contribution is 7.89. The molecule has 20 heavy (non-hydrogen) atoms. The van der Waals surface area contributed by atoms with E-state index in [-0.39, 0.29) is 17.0 Å². The average Bonchev–Trinajstić information content (AvgIpc) is 2.84. The summed E-state index contributed by atoms with van der Waals surface area (Å²) in [7, 11) is -3.60. The van der Waals surface area contributed by atoms with Gasteiger partial charge in [-0.1, -0.05) is 44.2 Å². The Kier molecular flexibility index (Phi) is 4.25. The first kappa shape index (κ1) is 14.7. The van der Waals surface area contributed by atoms with E-state index in [1.165, 1.54) is 6.20 Å². The molecular formula is C14H19N3O2S. The van der Waals surface area contributed by atoms with Crippen LogP contribution in [0.1, 0.15) is 31.3 Å². The summed E-state index contributed by atoms with van der Waals surface area (Å²) < 4.78 is 27.4. The third-order valence-electron chi connectivity index (χ3n) is 3.08. The van der Waals surface area contributed by atoms with E-state index in [1.54, 1.807) is 6.92 Å². The van der Waals surface area contributed by atoms with Gasteiger partial charge < -0.3 is 4.98 Å². The summed E-state index contributed by atoms with van der Waals surface area (Å²) in [5.74, 6) is 0.711. The average molecular weight is 293 g/mol. The first-order valence-electron chi connectivity index (χ1n) is 6.49. The molecule has 2 aromatic rings. The molecule has 1 aromatic heterocycles. The molecule has 1 heterocycles. The van der Waals surface area contributed by atoms with E-state index in [2.05, 4.69) is 14.7 Å². The highest BCUT2D eigenvalue weighted by Gasteiger charge is 2.24. The number of rotatable bonds is 5. The van der Waals surface area contributed by atoms with Crippen LogP contribution < -0.4 is 4.72 Å². The fourth-order valence-corrected chi connectivity index (χ4v) is 3.36. The third-order valence-corrected chi connectivity index (χ3v) is 4.43. The second-order valence-electron chi connectivity index (χ2n) is 5.09. The molecule has 0 saturated carbocycles. The molecule has 0 radical (unpaired) electrons. The Bertz CT molecular complexity index is 663. The topological polar surface area (TPSA) is 74.8 Å². The molecular weight excluding hydrogens is 274 g/mol. The van der Waals surface area contributed by atoms with Crippen molar-refractivity contribution >= 4 is 10.0 Å². The molecule has 0 spiro atoms. The largest absolute Gasteiger partial charge is 0.332 e. The first-order valence-corrected chi connectivity index (χ1v) is 7.97.